The lowest BCUT2D eigenvalue weighted by molar-refractivity contribution is -0.125. The first-order valence-corrected chi connectivity index (χ1v) is 11.4. The zero-order valence-corrected chi connectivity index (χ0v) is 19.6. The Morgan fingerprint density at radius 3 is 2.52 bits per heavy atom. The first-order valence-electron chi connectivity index (χ1n) is 10.5. The van der Waals surface area contributed by atoms with E-state index in [4.69, 9.17) is 18.9 Å². The third kappa shape index (κ3) is 6.35. The summed E-state index contributed by atoms with van der Waals surface area (Å²) >= 11 is 1.28. The van der Waals surface area contributed by atoms with Crippen molar-refractivity contribution in [2.24, 2.45) is 0 Å². The number of carbonyl (C=O) groups is 3. The Morgan fingerprint density at radius 1 is 1.12 bits per heavy atom. The summed E-state index contributed by atoms with van der Waals surface area (Å²) in [5, 5.41) is 5.03. The number of hydrogen-bond donors (Lipinski definition) is 1. The third-order valence-electron chi connectivity index (χ3n) is 5.06. The zero-order valence-electron chi connectivity index (χ0n) is 18.8. The Balaban J connectivity index is 1.47. The van der Waals surface area contributed by atoms with Crippen molar-refractivity contribution >= 4 is 29.3 Å². The second-order valence-corrected chi connectivity index (χ2v) is 8.07. The highest BCUT2D eigenvalue weighted by Crippen LogP contribution is 2.33. The van der Waals surface area contributed by atoms with Gasteiger partial charge in [-0.05, 0) is 38.0 Å². The van der Waals surface area contributed by atoms with Crippen molar-refractivity contribution in [3.63, 3.8) is 0 Å². The van der Waals surface area contributed by atoms with Gasteiger partial charge in [0.1, 0.15) is 5.01 Å². The molecule has 0 unspecified atom stereocenters. The predicted molar refractivity (Wildman–Crippen MR) is 121 cm³/mol. The van der Waals surface area contributed by atoms with Gasteiger partial charge in [0.2, 0.25) is 0 Å². The maximum atomic E-state index is 12.3. The van der Waals surface area contributed by atoms with Gasteiger partial charge < -0.3 is 29.2 Å². The molecule has 33 heavy (non-hydrogen) atoms. The molecule has 1 aromatic carbocycles. The van der Waals surface area contributed by atoms with Crippen LogP contribution in [-0.2, 0) is 14.3 Å². The zero-order chi connectivity index (χ0) is 23.8. The number of hydrogen-bond acceptors (Lipinski definition) is 9. The number of nitrogens with one attached hydrogen (secondary N) is 1. The quantitative estimate of drug-likeness (QED) is 0.577. The van der Waals surface area contributed by atoms with Gasteiger partial charge in [-0.1, -0.05) is 0 Å². The van der Waals surface area contributed by atoms with Crippen molar-refractivity contribution in [3.05, 3.63) is 29.3 Å². The third-order valence-corrected chi connectivity index (χ3v) is 5.96. The summed E-state index contributed by atoms with van der Waals surface area (Å²) in [6.45, 7) is 2.69. The minimum atomic E-state index is -0.676. The first-order chi connectivity index (χ1) is 15.9. The van der Waals surface area contributed by atoms with Gasteiger partial charge in [0.25, 0.3) is 5.91 Å². The van der Waals surface area contributed by atoms with Crippen LogP contribution in [0.1, 0.15) is 30.3 Å². The standard InChI is InChI=1S/C22H27N3O7S/c1-4-31-22(28)25-9-7-15(8-10-25)23-19(26)12-32-21(27)16-13-33-20(24-16)14-5-6-17(29-2)18(11-14)30-3/h5-6,11,13,15H,4,7-10,12H2,1-3H3,(H,23,26). The highest BCUT2D eigenvalue weighted by Gasteiger charge is 2.25. The number of aromatic nitrogens is 1. The monoisotopic (exact) mass is 477 g/mol. The first kappa shape index (κ1) is 24.3. The number of thiazole rings is 1. The molecule has 2 aromatic rings. The summed E-state index contributed by atoms with van der Waals surface area (Å²) in [5.41, 5.74) is 0.893. The minimum absolute atomic E-state index is 0.0854. The Hall–Kier alpha value is -3.34. The van der Waals surface area contributed by atoms with Crippen molar-refractivity contribution in [1.29, 1.82) is 0 Å². The molecule has 178 valence electrons. The normalized spacial score (nSPS) is 13.8. The van der Waals surface area contributed by atoms with Crippen LogP contribution in [0.5, 0.6) is 11.5 Å². The van der Waals surface area contributed by atoms with Crippen LogP contribution in [0.2, 0.25) is 0 Å². The highest BCUT2D eigenvalue weighted by molar-refractivity contribution is 7.13. The molecule has 1 aliphatic heterocycles. The molecular weight excluding hydrogens is 450 g/mol. The number of amides is 2. The fraction of sp³-hybridized carbons (Fsp3) is 0.455. The molecule has 2 heterocycles. The van der Waals surface area contributed by atoms with Crippen LogP contribution in [0.25, 0.3) is 10.6 Å². The molecule has 3 rings (SSSR count). The number of likely N-dealkylation sites (tertiary alicyclic amines) is 1. The maximum absolute atomic E-state index is 12.3. The number of piperidine rings is 1. The summed E-state index contributed by atoms with van der Waals surface area (Å²) in [4.78, 5) is 42.2. The van der Waals surface area contributed by atoms with Crippen LogP contribution in [0.4, 0.5) is 4.79 Å². The molecule has 1 N–H and O–H groups in total. The van der Waals surface area contributed by atoms with Gasteiger partial charge in [0.05, 0.1) is 20.8 Å². The summed E-state index contributed by atoms with van der Waals surface area (Å²) < 4.78 is 20.6. The van der Waals surface area contributed by atoms with Gasteiger partial charge in [0.15, 0.2) is 23.8 Å². The van der Waals surface area contributed by atoms with Crippen molar-refractivity contribution in [3.8, 4) is 22.1 Å². The molecule has 1 aromatic heterocycles. The number of benzene rings is 1. The van der Waals surface area contributed by atoms with Crippen molar-refractivity contribution in [1.82, 2.24) is 15.2 Å². The Labute approximate surface area is 195 Å². The van der Waals surface area contributed by atoms with E-state index >= 15 is 0 Å². The number of carbonyl (C=O) groups excluding carboxylic acids is 3. The molecule has 0 spiro atoms. The summed E-state index contributed by atoms with van der Waals surface area (Å²) in [6.07, 6.45) is 0.880. The van der Waals surface area contributed by atoms with E-state index in [1.54, 1.807) is 43.6 Å². The van der Waals surface area contributed by atoms with Crippen LogP contribution in [0.3, 0.4) is 0 Å². The smallest absolute Gasteiger partial charge is 0.409 e. The highest BCUT2D eigenvalue weighted by atomic mass is 32.1. The Kier molecular flexibility index (Phi) is 8.47. The van der Waals surface area contributed by atoms with Gasteiger partial charge in [-0.15, -0.1) is 11.3 Å². The molecule has 1 fully saturated rings. The Morgan fingerprint density at radius 2 is 1.85 bits per heavy atom. The number of ether oxygens (including phenoxy) is 4. The summed E-state index contributed by atoms with van der Waals surface area (Å²) in [5.74, 6) is 0.0765. The second-order valence-electron chi connectivity index (χ2n) is 7.21. The van der Waals surface area contributed by atoms with E-state index in [-0.39, 0.29) is 17.8 Å². The van der Waals surface area contributed by atoms with E-state index in [1.807, 2.05) is 6.07 Å². The predicted octanol–water partition coefficient (Wildman–Crippen LogP) is 2.72. The largest absolute Gasteiger partial charge is 0.493 e. The lowest BCUT2D eigenvalue weighted by atomic mass is 10.1. The fourth-order valence-corrected chi connectivity index (χ4v) is 4.15. The topological polar surface area (TPSA) is 116 Å². The van der Waals surface area contributed by atoms with Crippen molar-refractivity contribution in [2.75, 3.05) is 40.5 Å². The van der Waals surface area contributed by atoms with Gasteiger partial charge in [0, 0.05) is 30.1 Å². The van der Waals surface area contributed by atoms with Gasteiger partial charge >= 0.3 is 12.1 Å². The summed E-state index contributed by atoms with van der Waals surface area (Å²) in [6, 6.07) is 5.26. The SMILES string of the molecule is CCOC(=O)N1CCC(NC(=O)COC(=O)c2csc(-c3ccc(OC)c(OC)c3)n2)CC1. The van der Waals surface area contributed by atoms with Gasteiger partial charge in [-0.25, -0.2) is 14.6 Å². The van der Waals surface area contributed by atoms with Crippen LogP contribution in [0, 0.1) is 0 Å². The van der Waals surface area contributed by atoms with E-state index in [0.29, 0.717) is 49.0 Å². The average Bonchev–Trinajstić information content (AvgIpc) is 3.33. The van der Waals surface area contributed by atoms with Gasteiger partial charge in [-0.2, -0.15) is 0 Å². The molecule has 0 radical (unpaired) electrons. The van der Waals surface area contributed by atoms with Crippen LogP contribution < -0.4 is 14.8 Å². The average molecular weight is 478 g/mol. The lowest BCUT2D eigenvalue weighted by Gasteiger charge is -2.31. The molecule has 0 saturated carbocycles. The van der Waals surface area contributed by atoms with E-state index in [1.165, 1.54) is 11.3 Å². The van der Waals surface area contributed by atoms with Crippen LogP contribution in [0.15, 0.2) is 23.6 Å². The molecule has 0 aliphatic carbocycles. The second kappa shape index (κ2) is 11.5. The van der Waals surface area contributed by atoms with E-state index < -0.39 is 18.5 Å². The summed E-state index contributed by atoms with van der Waals surface area (Å²) in [7, 11) is 3.10. The fourth-order valence-electron chi connectivity index (χ4n) is 3.36. The number of rotatable bonds is 8. The molecular formula is C22H27N3O7S. The van der Waals surface area contributed by atoms with E-state index in [9.17, 15) is 14.4 Å². The molecule has 1 aliphatic rings. The molecule has 2 amide bonds. The lowest BCUT2D eigenvalue weighted by Crippen LogP contribution is -2.47. The van der Waals surface area contributed by atoms with E-state index in [2.05, 4.69) is 10.3 Å². The van der Waals surface area contributed by atoms with Crippen molar-refractivity contribution in [2.45, 2.75) is 25.8 Å². The molecule has 10 nitrogen and oxygen atoms in total. The van der Waals surface area contributed by atoms with Gasteiger partial charge in [-0.3, -0.25) is 4.79 Å². The molecule has 11 heteroatoms. The number of esters is 1. The number of nitrogens with zero attached hydrogens (tertiary/aromatic N) is 2. The molecule has 0 atom stereocenters. The molecule has 0 bridgehead atoms. The minimum Gasteiger partial charge on any atom is -0.493 e. The maximum Gasteiger partial charge on any atom is 0.409 e. The van der Waals surface area contributed by atoms with Crippen LogP contribution >= 0.6 is 11.3 Å². The van der Waals surface area contributed by atoms with Crippen LogP contribution in [-0.4, -0.2) is 74.4 Å². The number of methoxy groups -OCH3 is 2. The Bertz CT molecular complexity index is 986. The molecule has 1 saturated heterocycles. The van der Waals surface area contributed by atoms with E-state index in [0.717, 1.165) is 5.56 Å². The van der Waals surface area contributed by atoms with Crippen molar-refractivity contribution < 1.29 is 33.3 Å².